The molecule has 2 aliphatic rings. The van der Waals surface area contributed by atoms with Crippen LogP contribution in [-0.4, -0.2) is 16.1 Å². The number of nitrogens with one attached hydrogen (secondary N) is 1. The van der Waals surface area contributed by atoms with Crippen molar-refractivity contribution in [3.63, 3.8) is 0 Å². The molecule has 2 aliphatic heterocycles. The van der Waals surface area contributed by atoms with Crippen molar-refractivity contribution in [2.75, 3.05) is 0 Å². The van der Waals surface area contributed by atoms with Gasteiger partial charge in [0.15, 0.2) is 11.3 Å². The second-order valence-corrected chi connectivity index (χ2v) is 8.22. The van der Waals surface area contributed by atoms with Gasteiger partial charge in [-0.05, 0) is 24.1 Å². The third kappa shape index (κ3) is 3.50. The molecule has 148 valence electrons. The lowest BCUT2D eigenvalue weighted by Gasteiger charge is -2.34. The van der Waals surface area contributed by atoms with Gasteiger partial charge in [-0.15, -0.1) is 5.10 Å². The van der Waals surface area contributed by atoms with Gasteiger partial charge in [-0.25, -0.2) is 5.01 Å². The molecule has 0 radical (unpaired) electrons. The summed E-state index contributed by atoms with van der Waals surface area (Å²) in [6.45, 7) is 2.06. The first kappa shape index (κ1) is 18.6. The fourth-order valence-corrected chi connectivity index (χ4v) is 4.38. The molecule has 1 atom stereocenters. The third-order valence-electron chi connectivity index (χ3n) is 5.11. The summed E-state index contributed by atoms with van der Waals surface area (Å²) in [4.78, 5) is 18.0. The second kappa shape index (κ2) is 7.80. The highest BCUT2D eigenvalue weighted by atomic mass is 32.2. The van der Waals surface area contributed by atoms with Crippen LogP contribution in [0.3, 0.4) is 0 Å². The van der Waals surface area contributed by atoms with Gasteiger partial charge in [-0.2, -0.15) is 0 Å². The maximum absolute atomic E-state index is 13.1. The highest BCUT2D eigenvalue weighted by Gasteiger charge is 2.34. The van der Waals surface area contributed by atoms with Crippen LogP contribution in [0.5, 0.6) is 0 Å². The van der Waals surface area contributed by atoms with E-state index in [1.54, 1.807) is 5.01 Å². The molecule has 0 spiro atoms. The van der Waals surface area contributed by atoms with Crippen molar-refractivity contribution >= 4 is 28.5 Å². The van der Waals surface area contributed by atoms with Crippen molar-refractivity contribution in [1.82, 2.24) is 10.3 Å². The van der Waals surface area contributed by atoms with E-state index >= 15 is 0 Å². The first-order chi connectivity index (χ1) is 14.7. The second-order valence-electron chi connectivity index (χ2n) is 7.26. The lowest BCUT2D eigenvalue weighted by atomic mass is 10.1. The molecular formula is C24H20N4OS. The first-order valence-corrected chi connectivity index (χ1v) is 10.8. The van der Waals surface area contributed by atoms with Crippen LogP contribution in [0.25, 0.3) is 5.70 Å². The van der Waals surface area contributed by atoms with Gasteiger partial charge >= 0.3 is 0 Å². The standard InChI is InChI=1S/C24H20N4OS/c1-16-11-13-18(14-12-16)22-25-20-10-6-5-9-19(20)21-23(29)26-24(27-28(21)22)30-15-17-7-3-2-4-8-17/h2-14,22H,15H2,1H3,(H,26,27,29). The molecule has 0 saturated carbocycles. The van der Waals surface area contributed by atoms with Crippen LogP contribution >= 0.6 is 11.8 Å². The lowest BCUT2D eigenvalue weighted by molar-refractivity contribution is -0.116. The molecule has 5 nitrogen and oxygen atoms in total. The summed E-state index contributed by atoms with van der Waals surface area (Å²) in [5, 5.41) is 11.7. The number of amidine groups is 1. The normalized spacial score (nSPS) is 17.4. The average molecular weight is 413 g/mol. The number of carbonyl (C=O) groups is 1. The molecule has 1 unspecified atom stereocenters. The quantitative estimate of drug-likeness (QED) is 0.719. The van der Waals surface area contributed by atoms with Crippen molar-refractivity contribution < 1.29 is 4.79 Å². The highest BCUT2D eigenvalue weighted by Crippen LogP contribution is 2.31. The van der Waals surface area contributed by atoms with Crippen LogP contribution in [0.1, 0.15) is 22.9 Å². The SMILES string of the molecule is Cc1ccc(C2N=c3ccccc3=C3C(=O)NC(SCc4ccccc4)=NN32)cc1. The van der Waals surface area contributed by atoms with Crippen LogP contribution in [0, 0.1) is 6.92 Å². The number of carbonyl (C=O) groups excluding carboxylic acids is 1. The predicted octanol–water partition coefficient (Wildman–Crippen LogP) is 3.07. The number of aryl methyl sites for hydroxylation is 1. The van der Waals surface area contributed by atoms with Gasteiger partial charge in [-0.3, -0.25) is 15.1 Å². The Morgan fingerprint density at radius 3 is 2.50 bits per heavy atom. The molecule has 3 aromatic carbocycles. The number of rotatable bonds is 3. The number of amides is 1. The molecule has 6 heteroatoms. The number of nitrogens with zero attached hydrogens (tertiary/aromatic N) is 3. The number of hydrogen-bond donors (Lipinski definition) is 1. The van der Waals surface area contributed by atoms with Gasteiger partial charge in [0.25, 0.3) is 5.91 Å². The van der Waals surface area contributed by atoms with Gasteiger partial charge in [0, 0.05) is 11.0 Å². The van der Waals surface area contributed by atoms with E-state index in [9.17, 15) is 4.79 Å². The molecule has 1 amide bonds. The summed E-state index contributed by atoms with van der Waals surface area (Å²) in [6, 6.07) is 26.1. The number of hydrogen-bond acceptors (Lipinski definition) is 5. The van der Waals surface area contributed by atoms with Crippen molar-refractivity contribution in [3.8, 4) is 0 Å². The Kier molecular flexibility index (Phi) is 4.85. The fraction of sp³-hybridized carbons (Fsp3) is 0.125. The van der Waals surface area contributed by atoms with E-state index in [0.29, 0.717) is 10.9 Å². The van der Waals surface area contributed by atoms with Crippen LogP contribution in [0.4, 0.5) is 0 Å². The zero-order chi connectivity index (χ0) is 20.5. The minimum atomic E-state index is -0.381. The summed E-state index contributed by atoms with van der Waals surface area (Å²) in [7, 11) is 0. The minimum absolute atomic E-state index is 0.153. The molecule has 2 heterocycles. The third-order valence-corrected chi connectivity index (χ3v) is 6.04. The monoisotopic (exact) mass is 412 g/mol. The molecule has 0 fully saturated rings. The highest BCUT2D eigenvalue weighted by molar-refractivity contribution is 8.13. The number of hydrazone groups is 1. The number of para-hydroxylation sites is 1. The Morgan fingerprint density at radius 2 is 1.70 bits per heavy atom. The lowest BCUT2D eigenvalue weighted by Crippen LogP contribution is -2.50. The van der Waals surface area contributed by atoms with E-state index in [2.05, 4.69) is 36.5 Å². The van der Waals surface area contributed by atoms with Crippen molar-refractivity contribution in [2.24, 2.45) is 10.1 Å². The molecule has 1 N–H and O–H groups in total. The zero-order valence-corrected chi connectivity index (χ0v) is 17.3. The van der Waals surface area contributed by atoms with Gasteiger partial charge in [0.05, 0.1) is 5.36 Å². The van der Waals surface area contributed by atoms with Crippen molar-refractivity contribution in [3.05, 3.63) is 106 Å². The Hall–Kier alpha value is -3.38. The van der Waals surface area contributed by atoms with Crippen molar-refractivity contribution in [2.45, 2.75) is 18.8 Å². The zero-order valence-electron chi connectivity index (χ0n) is 16.4. The van der Waals surface area contributed by atoms with E-state index in [1.165, 1.54) is 22.9 Å². The minimum Gasteiger partial charge on any atom is -0.298 e. The number of benzene rings is 3. The Balaban J connectivity index is 1.57. The summed E-state index contributed by atoms with van der Waals surface area (Å²) < 4.78 is 0. The molecule has 0 bridgehead atoms. The van der Waals surface area contributed by atoms with Crippen LogP contribution < -0.4 is 15.9 Å². The molecule has 5 rings (SSSR count). The van der Waals surface area contributed by atoms with Gasteiger partial charge in [0.2, 0.25) is 0 Å². The maximum Gasteiger partial charge on any atom is 0.276 e. The van der Waals surface area contributed by atoms with E-state index in [0.717, 1.165) is 21.9 Å². The molecule has 0 aliphatic carbocycles. The van der Waals surface area contributed by atoms with E-state index in [4.69, 9.17) is 10.1 Å². The number of fused-ring (bicyclic) bond motifs is 2. The Bertz CT molecular complexity index is 1250. The predicted molar refractivity (Wildman–Crippen MR) is 120 cm³/mol. The fourth-order valence-electron chi connectivity index (χ4n) is 3.57. The largest absolute Gasteiger partial charge is 0.298 e. The van der Waals surface area contributed by atoms with Crippen LogP contribution in [0.15, 0.2) is 89.0 Å². The van der Waals surface area contributed by atoms with Gasteiger partial charge in [-0.1, -0.05) is 90.1 Å². The topological polar surface area (TPSA) is 57.1 Å². The van der Waals surface area contributed by atoms with Crippen molar-refractivity contribution in [1.29, 1.82) is 0 Å². The molecule has 30 heavy (non-hydrogen) atoms. The summed E-state index contributed by atoms with van der Waals surface area (Å²) in [5.74, 6) is 0.575. The van der Waals surface area contributed by atoms with Gasteiger partial charge in [0.1, 0.15) is 5.70 Å². The van der Waals surface area contributed by atoms with E-state index in [1.807, 2.05) is 54.6 Å². The van der Waals surface area contributed by atoms with E-state index in [-0.39, 0.29) is 12.1 Å². The molecule has 0 aromatic heterocycles. The number of thioether (sulfide) groups is 1. The van der Waals surface area contributed by atoms with Gasteiger partial charge < -0.3 is 0 Å². The smallest absolute Gasteiger partial charge is 0.276 e. The summed E-state index contributed by atoms with van der Waals surface area (Å²) >= 11 is 1.51. The Morgan fingerprint density at radius 1 is 0.967 bits per heavy atom. The maximum atomic E-state index is 13.1. The molecular weight excluding hydrogens is 392 g/mol. The summed E-state index contributed by atoms with van der Waals surface area (Å²) in [5.41, 5.74) is 3.89. The molecule has 0 saturated heterocycles. The molecule has 3 aromatic rings. The average Bonchev–Trinajstić information content (AvgIpc) is 2.78. The van der Waals surface area contributed by atoms with Crippen LogP contribution in [-0.2, 0) is 10.5 Å². The Labute approximate surface area is 178 Å². The first-order valence-electron chi connectivity index (χ1n) is 9.79. The van der Waals surface area contributed by atoms with Crippen LogP contribution in [0.2, 0.25) is 0 Å². The summed E-state index contributed by atoms with van der Waals surface area (Å²) in [6.07, 6.45) is -0.381. The van der Waals surface area contributed by atoms with E-state index < -0.39 is 0 Å².